The lowest BCUT2D eigenvalue weighted by Crippen LogP contribution is -2.17. The van der Waals surface area contributed by atoms with Crippen LogP contribution in [-0.4, -0.2) is 9.97 Å². The lowest BCUT2D eigenvalue weighted by molar-refractivity contribution is 0.544. The van der Waals surface area contributed by atoms with E-state index in [1.807, 2.05) is 20.8 Å². The topological polar surface area (TPSA) is 37.8 Å². The van der Waals surface area contributed by atoms with Gasteiger partial charge in [-0.2, -0.15) is 0 Å². The minimum absolute atomic E-state index is 0.193. The summed E-state index contributed by atoms with van der Waals surface area (Å²) in [5.74, 6) is 0.104. The third-order valence-electron chi connectivity index (χ3n) is 2.84. The van der Waals surface area contributed by atoms with Gasteiger partial charge >= 0.3 is 0 Å². The van der Waals surface area contributed by atoms with Gasteiger partial charge in [0.25, 0.3) is 0 Å². The fourth-order valence-electron chi connectivity index (χ4n) is 1.69. The third kappa shape index (κ3) is 4.20. The lowest BCUT2D eigenvalue weighted by Gasteiger charge is -2.18. The number of benzene rings is 1. The van der Waals surface area contributed by atoms with Crippen LogP contribution in [0.25, 0.3) is 0 Å². The molecule has 2 rings (SSSR count). The smallest absolute Gasteiger partial charge is 0.137 e. The first-order chi connectivity index (χ1) is 9.75. The number of aromatic nitrogens is 2. The van der Waals surface area contributed by atoms with Crippen LogP contribution in [0.1, 0.15) is 32.2 Å². The van der Waals surface area contributed by atoms with Crippen LogP contribution < -0.4 is 5.32 Å². The molecule has 0 bridgehead atoms. The second-order valence-electron chi connectivity index (χ2n) is 5.74. The minimum atomic E-state index is -0.587. The van der Waals surface area contributed by atoms with Crippen molar-refractivity contribution in [1.29, 1.82) is 0 Å². The molecule has 1 N–H and O–H groups in total. The van der Waals surface area contributed by atoms with Crippen LogP contribution in [0.15, 0.2) is 28.9 Å². The minimum Gasteiger partial charge on any atom is -0.366 e. The van der Waals surface area contributed by atoms with Gasteiger partial charge in [0.2, 0.25) is 0 Å². The molecule has 1 aromatic heterocycles. The highest BCUT2D eigenvalue weighted by molar-refractivity contribution is 9.10. The average molecular weight is 356 g/mol. The number of rotatable bonds is 3. The Hall–Kier alpha value is -1.56. The molecule has 0 saturated heterocycles. The van der Waals surface area contributed by atoms with E-state index < -0.39 is 11.6 Å². The standard InChI is InChI=1S/C15H16BrF2N3/c1-15(2,3)14-20-12(16)7-13(21-14)19-8-9-4-5-10(17)6-11(9)18/h4-7H,8H2,1-3H3,(H,19,20,21). The summed E-state index contributed by atoms with van der Waals surface area (Å²) in [6.45, 7) is 6.26. The normalized spacial score (nSPS) is 11.5. The maximum atomic E-state index is 13.6. The molecule has 112 valence electrons. The number of hydrogen-bond donors (Lipinski definition) is 1. The van der Waals surface area contributed by atoms with Gasteiger partial charge < -0.3 is 5.32 Å². The highest BCUT2D eigenvalue weighted by Crippen LogP contribution is 2.23. The highest BCUT2D eigenvalue weighted by Gasteiger charge is 2.18. The predicted molar refractivity (Wildman–Crippen MR) is 82.1 cm³/mol. The molecule has 0 spiro atoms. The number of nitrogens with zero attached hydrogens (tertiary/aromatic N) is 2. The Balaban J connectivity index is 2.18. The zero-order chi connectivity index (χ0) is 15.6. The highest BCUT2D eigenvalue weighted by atomic mass is 79.9. The van der Waals surface area contributed by atoms with E-state index in [4.69, 9.17) is 0 Å². The molecule has 6 heteroatoms. The van der Waals surface area contributed by atoms with Crippen LogP contribution in [0.5, 0.6) is 0 Å². The zero-order valence-corrected chi connectivity index (χ0v) is 13.6. The Morgan fingerprint density at radius 3 is 2.48 bits per heavy atom. The molecule has 21 heavy (non-hydrogen) atoms. The van der Waals surface area contributed by atoms with E-state index >= 15 is 0 Å². The molecule has 0 unspecified atom stereocenters. The van der Waals surface area contributed by atoms with Gasteiger partial charge in [0, 0.05) is 29.7 Å². The van der Waals surface area contributed by atoms with Crippen molar-refractivity contribution >= 4 is 21.7 Å². The van der Waals surface area contributed by atoms with E-state index in [-0.39, 0.29) is 12.0 Å². The van der Waals surface area contributed by atoms with Crippen molar-refractivity contribution in [3.05, 3.63) is 51.9 Å². The maximum Gasteiger partial charge on any atom is 0.137 e. The summed E-state index contributed by atoms with van der Waals surface area (Å²) in [6.07, 6.45) is 0. The molecule has 0 fully saturated rings. The number of hydrogen-bond acceptors (Lipinski definition) is 3. The summed E-state index contributed by atoms with van der Waals surface area (Å²) in [4.78, 5) is 8.75. The molecule has 0 aliphatic carbocycles. The lowest BCUT2D eigenvalue weighted by atomic mass is 9.96. The van der Waals surface area contributed by atoms with E-state index in [2.05, 4.69) is 31.2 Å². The zero-order valence-electron chi connectivity index (χ0n) is 12.0. The molecule has 2 aromatic rings. The second-order valence-corrected chi connectivity index (χ2v) is 6.55. The summed E-state index contributed by atoms with van der Waals surface area (Å²) in [6, 6.07) is 5.24. The Morgan fingerprint density at radius 2 is 1.86 bits per heavy atom. The molecule has 1 heterocycles. The van der Waals surface area contributed by atoms with Crippen LogP contribution in [0.2, 0.25) is 0 Å². The average Bonchev–Trinajstić information content (AvgIpc) is 2.36. The summed E-state index contributed by atoms with van der Waals surface area (Å²) < 4.78 is 27.1. The number of anilines is 1. The van der Waals surface area contributed by atoms with Gasteiger partial charge in [-0.15, -0.1) is 0 Å². The van der Waals surface area contributed by atoms with Gasteiger partial charge in [0.15, 0.2) is 0 Å². The van der Waals surface area contributed by atoms with E-state index in [1.54, 1.807) is 6.07 Å². The van der Waals surface area contributed by atoms with Crippen molar-refractivity contribution in [2.45, 2.75) is 32.7 Å². The summed E-state index contributed by atoms with van der Waals surface area (Å²) >= 11 is 3.34. The number of nitrogens with one attached hydrogen (secondary N) is 1. The van der Waals surface area contributed by atoms with Crippen LogP contribution in [-0.2, 0) is 12.0 Å². The first-order valence-electron chi connectivity index (χ1n) is 6.48. The quantitative estimate of drug-likeness (QED) is 0.827. The second kappa shape index (κ2) is 6.05. The van der Waals surface area contributed by atoms with Crippen molar-refractivity contribution in [3.63, 3.8) is 0 Å². The summed E-state index contributed by atoms with van der Waals surface area (Å²) in [5.41, 5.74) is 0.185. The van der Waals surface area contributed by atoms with Gasteiger partial charge in [0.05, 0.1) is 0 Å². The van der Waals surface area contributed by atoms with Crippen molar-refractivity contribution < 1.29 is 8.78 Å². The molecule has 0 radical (unpaired) electrons. The van der Waals surface area contributed by atoms with E-state index in [0.717, 1.165) is 6.07 Å². The molecule has 0 aliphatic rings. The van der Waals surface area contributed by atoms with Gasteiger partial charge in [-0.05, 0) is 22.0 Å². The largest absolute Gasteiger partial charge is 0.366 e. The van der Waals surface area contributed by atoms with Crippen molar-refractivity contribution in [3.8, 4) is 0 Å². The van der Waals surface area contributed by atoms with E-state index in [0.29, 0.717) is 21.8 Å². The van der Waals surface area contributed by atoms with Gasteiger partial charge in [0.1, 0.15) is 27.9 Å². The van der Waals surface area contributed by atoms with Crippen molar-refractivity contribution in [1.82, 2.24) is 9.97 Å². The Labute approximate surface area is 131 Å². The Kier molecular flexibility index (Phi) is 4.56. The maximum absolute atomic E-state index is 13.6. The first kappa shape index (κ1) is 15.8. The monoisotopic (exact) mass is 355 g/mol. The number of halogens is 3. The Morgan fingerprint density at radius 1 is 1.14 bits per heavy atom. The van der Waals surface area contributed by atoms with Gasteiger partial charge in [-0.1, -0.05) is 26.8 Å². The van der Waals surface area contributed by atoms with Crippen LogP contribution in [0.4, 0.5) is 14.6 Å². The molecular weight excluding hydrogens is 340 g/mol. The molecule has 3 nitrogen and oxygen atoms in total. The van der Waals surface area contributed by atoms with Gasteiger partial charge in [-0.3, -0.25) is 0 Å². The molecule has 0 saturated carbocycles. The molecule has 0 amide bonds. The molecule has 0 aliphatic heterocycles. The predicted octanol–water partition coefficient (Wildman–Crippen LogP) is 4.43. The van der Waals surface area contributed by atoms with Crippen LogP contribution in [0, 0.1) is 11.6 Å². The van der Waals surface area contributed by atoms with Gasteiger partial charge in [-0.25, -0.2) is 18.7 Å². The van der Waals surface area contributed by atoms with E-state index in [9.17, 15) is 8.78 Å². The third-order valence-corrected chi connectivity index (χ3v) is 3.25. The molecule has 0 atom stereocenters. The first-order valence-corrected chi connectivity index (χ1v) is 7.28. The molecular formula is C15H16BrF2N3. The summed E-state index contributed by atoms with van der Waals surface area (Å²) in [5, 5.41) is 3.03. The fraction of sp³-hybridized carbons (Fsp3) is 0.333. The van der Waals surface area contributed by atoms with Crippen LogP contribution >= 0.6 is 15.9 Å². The van der Waals surface area contributed by atoms with Crippen molar-refractivity contribution in [2.24, 2.45) is 0 Å². The SMILES string of the molecule is CC(C)(C)c1nc(Br)cc(NCc2ccc(F)cc2F)n1. The fourth-order valence-corrected chi connectivity index (χ4v) is 2.08. The Bertz CT molecular complexity index is 654. The van der Waals surface area contributed by atoms with Crippen LogP contribution in [0.3, 0.4) is 0 Å². The van der Waals surface area contributed by atoms with E-state index in [1.165, 1.54) is 12.1 Å². The molecule has 1 aromatic carbocycles. The summed E-state index contributed by atoms with van der Waals surface area (Å²) in [7, 11) is 0. The van der Waals surface area contributed by atoms with Crippen molar-refractivity contribution in [2.75, 3.05) is 5.32 Å².